The number of aryl methyl sites for hydroxylation is 2. The number of piperidine rings is 2. The van der Waals surface area contributed by atoms with Crippen LogP contribution in [0.1, 0.15) is 111 Å². The lowest BCUT2D eigenvalue weighted by atomic mass is 9.28. The molecular weight excluding hydrogens is 759 g/mol. The Morgan fingerprint density at radius 2 is 1.82 bits per heavy atom. The Labute approximate surface area is 360 Å². The van der Waals surface area contributed by atoms with E-state index < -0.39 is 16.4 Å². The van der Waals surface area contributed by atoms with E-state index >= 15 is 4.79 Å². The first-order valence-corrected chi connectivity index (χ1v) is 24.1. The molecule has 0 amide bonds. The highest BCUT2D eigenvalue weighted by Crippen LogP contribution is 2.87. The molecule has 3 saturated heterocycles. The largest absolute Gasteiger partial charge is 0.509 e. The van der Waals surface area contributed by atoms with Crippen molar-refractivity contribution < 1.29 is 24.2 Å². The molecule has 9 heterocycles. The van der Waals surface area contributed by atoms with Crippen LogP contribution in [-0.2, 0) is 39.1 Å². The van der Waals surface area contributed by atoms with Crippen LogP contribution in [0.2, 0.25) is 0 Å². The van der Waals surface area contributed by atoms with Crippen LogP contribution < -0.4 is 5.73 Å². The molecule has 14 aliphatic rings. The highest BCUT2D eigenvalue weighted by molar-refractivity contribution is 6.00. The zero-order valence-electron chi connectivity index (χ0n) is 36.0. The number of aliphatic hydroxyl groups is 1. The summed E-state index contributed by atoms with van der Waals surface area (Å²) in [5, 5.41) is 12.9. The molecular formula is C53H61N3O5. The number of fused-ring (bicyclic) bond motifs is 7. The van der Waals surface area contributed by atoms with Crippen LogP contribution in [-0.4, -0.2) is 65.1 Å². The van der Waals surface area contributed by atoms with Crippen LogP contribution in [0, 0.1) is 52.3 Å². The summed E-state index contributed by atoms with van der Waals surface area (Å²) in [4.78, 5) is 36.3. The van der Waals surface area contributed by atoms with Gasteiger partial charge in [-0.05, 0) is 136 Å². The highest BCUT2D eigenvalue weighted by Gasteiger charge is 2.93. The summed E-state index contributed by atoms with van der Waals surface area (Å²) in [5.41, 5.74) is 14.0. The van der Waals surface area contributed by atoms with Gasteiger partial charge in [0.05, 0.1) is 17.0 Å². The van der Waals surface area contributed by atoms with Gasteiger partial charge in [-0.3, -0.25) is 9.69 Å². The van der Waals surface area contributed by atoms with Crippen LogP contribution >= 0.6 is 0 Å². The summed E-state index contributed by atoms with van der Waals surface area (Å²) in [6.07, 6.45) is 16.0. The maximum Gasteiger partial charge on any atom is 0.339 e. The van der Waals surface area contributed by atoms with Gasteiger partial charge in [-0.25, -0.2) is 4.79 Å². The number of rotatable bonds is 3. The molecule has 8 nitrogen and oxygen atoms in total. The number of allylic oxidation sites excluding steroid dienone is 3. The molecule has 318 valence electrons. The molecule has 15 bridgehead atoms. The molecule has 0 aromatic heterocycles. The van der Waals surface area contributed by atoms with Crippen molar-refractivity contribution in [1.82, 2.24) is 9.80 Å². The second kappa shape index (κ2) is 13.0. The molecule has 5 aliphatic carbocycles. The molecule has 2 aromatic carbocycles. The molecule has 61 heavy (non-hydrogen) atoms. The summed E-state index contributed by atoms with van der Waals surface area (Å²) in [5.74, 6) is 2.29. The van der Waals surface area contributed by atoms with Gasteiger partial charge in [0.25, 0.3) is 0 Å². The molecule has 8 heteroatoms. The van der Waals surface area contributed by atoms with E-state index in [1.165, 1.54) is 34.3 Å². The number of nitrogens with two attached hydrogens (primary N) is 1. The van der Waals surface area contributed by atoms with Gasteiger partial charge in [-0.15, -0.1) is 0 Å². The fourth-order valence-corrected chi connectivity index (χ4v) is 17.1. The van der Waals surface area contributed by atoms with Gasteiger partial charge >= 0.3 is 11.9 Å². The molecule has 16 rings (SSSR count). The summed E-state index contributed by atoms with van der Waals surface area (Å²) in [7, 11) is 0. The number of nitrogens with zero attached hydrogens (tertiary/aromatic N) is 2. The Morgan fingerprint density at radius 3 is 2.70 bits per heavy atom. The minimum Gasteiger partial charge on any atom is -0.509 e. The predicted octanol–water partition coefficient (Wildman–Crippen LogP) is 8.46. The van der Waals surface area contributed by atoms with E-state index in [2.05, 4.69) is 78.3 Å². The van der Waals surface area contributed by atoms with E-state index in [9.17, 15) is 9.90 Å². The zero-order chi connectivity index (χ0) is 41.2. The van der Waals surface area contributed by atoms with Crippen molar-refractivity contribution in [2.24, 2.45) is 58.0 Å². The van der Waals surface area contributed by atoms with Gasteiger partial charge in [0.15, 0.2) is 11.4 Å². The van der Waals surface area contributed by atoms with E-state index in [4.69, 9.17) is 15.2 Å². The quantitative estimate of drug-likeness (QED) is 0.235. The van der Waals surface area contributed by atoms with Gasteiger partial charge in [0, 0.05) is 55.2 Å². The highest BCUT2D eigenvalue weighted by atomic mass is 16.6. The molecule has 4 fully saturated rings. The third-order valence-electron chi connectivity index (χ3n) is 18.9. The molecule has 13 unspecified atom stereocenters. The Balaban J connectivity index is 1.12. The number of carbonyl (C=O) groups is 2. The molecule has 1 saturated carbocycles. The van der Waals surface area contributed by atoms with Gasteiger partial charge < -0.3 is 25.2 Å². The number of hydrogen-bond donors (Lipinski definition) is 2. The Morgan fingerprint density at radius 1 is 0.951 bits per heavy atom. The molecule has 2 aromatic rings. The number of hydrogen-bond acceptors (Lipinski definition) is 8. The maximum atomic E-state index is 15.9. The zero-order valence-corrected chi connectivity index (χ0v) is 36.0. The van der Waals surface area contributed by atoms with Crippen molar-refractivity contribution in [2.75, 3.05) is 26.2 Å². The molecule has 9 aliphatic heterocycles. The molecule has 3 N–H and O–H groups in total. The van der Waals surface area contributed by atoms with Crippen LogP contribution in [0.15, 0.2) is 88.6 Å². The predicted molar refractivity (Wildman–Crippen MR) is 232 cm³/mol. The first-order chi connectivity index (χ1) is 29.7. The third-order valence-corrected chi connectivity index (χ3v) is 18.9. The van der Waals surface area contributed by atoms with Crippen molar-refractivity contribution in [2.45, 2.75) is 115 Å². The Bertz CT molecular complexity index is 2430. The van der Waals surface area contributed by atoms with E-state index in [-0.39, 0.29) is 35.6 Å². The second-order valence-electron chi connectivity index (χ2n) is 21.5. The molecule has 3 spiro atoms. The SMILES string of the molecule is CC1CC2=C3C4C5=C6CC(Cc7cccc(c7)CCCCC7C68C(=O)OC(=C(O)CC(C)N6CC9CC(C6)C(C=C2)N3C9)C8(CC5)C72OC(=O)c3c(CCCN)cccc32)C14. The fraction of sp³-hybridized carbons (Fsp3) is 0.585. The van der Waals surface area contributed by atoms with Gasteiger partial charge in [-0.2, -0.15) is 0 Å². The Kier molecular flexibility index (Phi) is 7.95. The van der Waals surface area contributed by atoms with Crippen LogP contribution in [0.5, 0.6) is 0 Å². The fourth-order valence-electron chi connectivity index (χ4n) is 17.1. The summed E-state index contributed by atoms with van der Waals surface area (Å²) in [6, 6.07) is 16.1. The summed E-state index contributed by atoms with van der Waals surface area (Å²) in [6.45, 7) is 8.36. The van der Waals surface area contributed by atoms with Crippen molar-refractivity contribution in [1.29, 1.82) is 0 Å². The van der Waals surface area contributed by atoms with Gasteiger partial charge in [-0.1, -0.05) is 79.1 Å². The Hall–Kier alpha value is -4.14. The van der Waals surface area contributed by atoms with Gasteiger partial charge in [0.1, 0.15) is 11.2 Å². The number of ether oxygens (including phenoxy) is 2. The topological polar surface area (TPSA) is 105 Å². The average molecular weight is 820 g/mol. The lowest BCUT2D eigenvalue weighted by Gasteiger charge is -2.72. The number of benzene rings is 2. The summed E-state index contributed by atoms with van der Waals surface area (Å²) < 4.78 is 14.1. The third kappa shape index (κ3) is 4.54. The van der Waals surface area contributed by atoms with Gasteiger partial charge in [0.2, 0.25) is 0 Å². The maximum absolute atomic E-state index is 15.9. The molecule has 13 atom stereocenters. The minimum absolute atomic E-state index is 0.0496. The van der Waals surface area contributed by atoms with Crippen molar-refractivity contribution in [3.05, 3.63) is 116 Å². The van der Waals surface area contributed by atoms with E-state index in [0.29, 0.717) is 72.8 Å². The minimum atomic E-state index is -1.14. The standard InChI is InChI=1S/C53H61N3O5/c1-29-20-35-15-16-41-37-24-33-26-55(28-37)30(2)21-42(57)48-51-18-17-38-40-25-36(44(29)46(38)47(35)56(41)27-33)23-32-10-5-9-31(22-32)8-3-4-14-43(52(40,51)50(59)60-48)53(51)39-13-6-11-34(12-7-19-54)45(39)49(58)61-53/h5-6,9-11,13,15-16,22,29-30,33,36-37,41,43-44,46,57H,3-4,7-8,12,14,17-21,23-28,54H2,1-2H3. The van der Waals surface area contributed by atoms with Crippen LogP contribution in [0.3, 0.4) is 0 Å². The lowest BCUT2D eigenvalue weighted by Crippen LogP contribution is -2.77. The van der Waals surface area contributed by atoms with Crippen molar-refractivity contribution in [3.8, 4) is 0 Å². The lowest BCUT2D eigenvalue weighted by molar-refractivity contribution is -0.279. The first kappa shape index (κ1) is 37.4. The van der Waals surface area contributed by atoms with E-state index in [0.717, 1.165) is 88.5 Å². The van der Waals surface area contributed by atoms with Crippen molar-refractivity contribution >= 4 is 11.9 Å². The van der Waals surface area contributed by atoms with Crippen LogP contribution in [0.4, 0.5) is 0 Å². The average Bonchev–Trinajstić information content (AvgIpc) is 3.71. The van der Waals surface area contributed by atoms with E-state index in [1.54, 1.807) is 5.70 Å². The number of carbonyl (C=O) groups excluding carboxylic acids is 2. The molecule has 0 radical (unpaired) electrons. The number of aliphatic hydroxyl groups excluding tert-OH is 1. The van der Waals surface area contributed by atoms with Crippen LogP contribution in [0.25, 0.3) is 0 Å². The normalized spacial score (nSPS) is 42.2. The first-order valence-electron chi connectivity index (χ1n) is 24.1. The monoisotopic (exact) mass is 819 g/mol. The number of esters is 2. The van der Waals surface area contributed by atoms with Crippen molar-refractivity contribution in [3.63, 3.8) is 0 Å². The second-order valence-corrected chi connectivity index (χ2v) is 21.5. The smallest absolute Gasteiger partial charge is 0.339 e. The van der Waals surface area contributed by atoms with E-state index in [1.807, 2.05) is 0 Å². The summed E-state index contributed by atoms with van der Waals surface area (Å²) >= 11 is 0.